The van der Waals surface area contributed by atoms with Gasteiger partial charge in [0.15, 0.2) is 0 Å². The highest BCUT2D eigenvalue weighted by Gasteiger charge is 2.30. The van der Waals surface area contributed by atoms with E-state index in [-0.39, 0.29) is 17.9 Å². The van der Waals surface area contributed by atoms with E-state index in [9.17, 15) is 14.3 Å². The van der Waals surface area contributed by atoms with Gasteiger partial charge in [-0.2, -0.15) is 0 Å². The molecule has 3 rings (SSSR count). The van der Waals surface area contributed by atoms with Crippen LogP contribution in [0.25, 0.3) is 0 Å². The molecule has 2 N–H and O–H groups in total. The molecule has 2 unspecified atom stereocenters. The lowest BCUT2D eigenvalue weighted by Gasteiger charge is -2.27. The minimum Gasteiger partial charge on any atom is -0.388 e. The zero-order valence-electron chi connectivity index (χ0n) is 13.2. The second kappa shape index (κ2) is 7.40. The summed E-state index contributed by atoms with van der Waals surface area (Å²) >= 11 is 0. The van der Waals surface area contributed by atoms with E-state index in [1.54, 1.807) is 41.6 Å². The molecular formula is C18H20FN3O2. The van der Waals surface area contributed by atoms with Crippen LogP contribution in [-0.4, -0.2) is 33.6 Å². The summed E-state index contributed by atoms with van der Waals surface area (Å²) in [5.74, 6) is -0.329. The van der Waals surface area contributed by atoms with Crippen LogP contribution in [-0.2, 0) is 0 Å². The second-order valence-corrected chi connectivity index (χ2v) is 5.96. The molecule has 6 heteroatoms. The first kappa shape index (κ1) is 16.4. The van der Waals surface area contributed by atoms with Crippen LogP contribution in [0.2, 0.25) is 0 Å². The van der Waals surface area contributed by atoms with E-state index in [1.165, 1.54) is 12.1 Å². The molecule has 5 nitrogen and oxygen atoms in total. The highest BCUT2D eigenvalue weighted by molar-refractivity contribution is 5.89. The number of hydrogen-bond acceptors (Lipinski definition) is 3. The number of amides is 2. The maximum Gasteiger partial charge on any atom is 0.322 e. The highest BCUT2D eigenvalue weighted by Crippen LogP contribution is 2.28. The molecule has 1 fully saturated rings. The number of carbonyl (C=O) groups is 1. The zero-order chi connectivity index (χ0) is 16.9. The average molecular weight is 329 g/mol. The van der Waals surface area contributed by atoms with Crippen molar-refractivity contribution in [3.05, 3.63) is 60.2 Å². The molecule has 0 spiro atoms. The van der Waals surface area contributed by atoms with Gasteiger partial charge in [0.2, 0.25) is 0 Å². The molecule has 1 aromatic heterocycles. The van der Waals surface area contributed by atoms with Crippen LogP contribution in [0.5, 0.6) is 0 Å². The molecule has 0 saturated carbocycles. The van der Waals surface area contributed by atoms with Crippen molar-refractivity contribution in [2.24, 2.45) is 0 Å². The summed E-state index contributed by atoms with van der Waals surface area (Å²) in [6.07, 6.45) is 4.72. The van der Waals surface area contributed by atoms with Crippen molar-refractivity contribution in [1.82, 2.24) is 9.88 Å². The van der Waals surface area contributed by atoms with Crippen molar-refractivity contribution in [1.29, 1.82) is 0 Å². The number of hydrogen-bond donors (Lipinski definition) is 2. The zero-order valence-corrected chi connectivity index (χ0v) is 13.2. The van der Waals surface area contributed by atoms with Crippen LogP contribution in [0, 0.1) is 5.82 Å². The van der Waals surface area contributed by atoms with Crippen LogP contribution in [0.4, 0.5) is 14.9 Å². The van der Waals surface area contributed by atoms with Crippen molar-refractivity contribution in [3.63, 3.8) is 0 Å². The van der Waals surface area contributed by atoms with E-state index in [0.717, 1.165) is 12.8 Å². The lowest BCUT2D eigenvalue weighted by Crippen LogP contribution is -2.39. The van der Waals surface area contributed by atoms with Gasteiger partial charge >= 0.3 is 6.03 Å². The van der Waals surface area contributed by atoms with E-state index >= 15 is 0 Å². The minimum absolute atomic E-state index is 0.0353. The van der Waals surface area contributed by atoms with Gasteiger partial charge in [-0.25, -0.2) is 9.18 Å². The normalized spacial score (nSPS) is 18.4. The number of carbonyl (C=O) groups excluding carboxylic acids is 1. The molecule has 2 heterocycles. The molecule has 1 aliphatic heterocycles. The molecule has 1 aliphatic rings. The third-order valence-electron chi connectivity index (χ3n) is 4.32. The van der Waals surface area contributed by atoms with Gasteiger partial charge in [-0.15, -0.1) is 0 Å². The number of aliphatic hydroxyl groups is 1. The molecule has 2 atom stereocenters. The fourth-order valence-corrected chi connectivity index (χ4v) is 3.06. The van der Waals surface area contributed by atoms with Gasteiger partial charge in [-0.05, 0) is 49.1 Å². The SMILES string of the molecule is O=C(Nc1ccncc1)N1CCCC1CC(O)c1ccc(F)cc1. The summed E-state index contributed by atoms with van der Waals surface area (Å²) in [7, 11) is 0. The topological polar surface area (TPSA) is 65.5 Å². The van der Waals surface area contributed by atoms with Crippen molar-refractivity contribution >= 4 is 11.7 Å². The van der Waals surface area contributed by atoms with Crippen LogP contribution >= 0.6 is 0 Å². The molecule has 0 radical (unpaired) electrons. The van der Waals surface area contributed by atoms with E-state index in [0.29, 0.717) is 24.2 Å². The molecule has 1 saturated heterocycles. The molecule has 0 bridgehead atoms. The Morgan fingerprint density at radius 1 is 1.29 bits per heavy atom. The first-order valence-corrected chi connectivity index (χ1v) is 8.04. The van der Waals surface area contributed by atoms with Gasteiger partial charge < -0.3 is 15.3 Å². The van der Waals surface area contributed by atoms with Gasteiger partial charge in [0.25, 0.3) is 0 Å². The second-order valence-electron chi connectivity index (χ2n) is 5.96. The molecule has 2 amide bonds. The lowest BCUT2D eigenvalue weighted by molar-refractivity contribution is 0.129. The number of aliphatic hydroxyl groups excluding tert-OH is 1. The number of urea groups is 1. The monoisotopic (exact) mass is 329 g/mol. The molecule has 126 valence electrons. The Labute approximate surface area is 140 Å². The van der Waals surface area contributed by atoms with Crippen molar-refractivity contribution in [2.75, 3.05) is 11.9 Å². The maximum absolute atomic E-state index is 13.0. The van der Waals surface area contributed by atoms with Crippen molar-refractivity contribution < 1.29 is 14.3 Å². The summed E-state index contributed by atoms with van der Waals surface area (Å²) in [5.41, 5.74) is 1.36. The van der Waals surface area contributed by atoms with Crippen molar-refractivity contribution in [2.45, 2.75) is 31.4 Å². The Balaban J connectivity index is 1.62. The van der Waals surface area contributed by atoms with Crippen LogP contribution in [0.3, 0.4) is 0 Å². The minimum atomic E-state index is -0.718. The summed E-state index contributed by atoms with van der Waals surface area (Å²) in [5, 5.41) is 13.2. The maximum atomic E-state index is 13.0. The molecule has 1 aromatic carbocycles. The van der Waals surface area contributed by atoms with E-state index in [1.807, 2.05) is 0 Å². The average Bonchev–Trinajstić information content (AvgIpc) is 3.04. The molecule has 2 aromatic rings. The Morgan fingerprint density at radius 2 is 2.00 bits per heavy atom. The number of anilines is 1. The summed E-state index contributed by atoms with van der Waals surface area (Å²) in [6.45, 7) is 0.664. The van der Waals surface area contributed by atoms with Crippen molar-refractivity contribution in [3.8, 4) is 0 Å². The number of benzene rings is 1. The highest BCUT2D eigenvalue weighted by atomic mass is 19.1. The first-order valence-electron chi connectivity index (χ1n) is 8.04. The number of aromatic nitrogens is 1. The van der Waals surface area contributed by atoms with Gasteiger partial charge in [0.05, 0.1) is 6.10 Å². The fraction of sp³-hybridized carbons (Fsp3) is 0.333. The Kier molecular flexibility index (Phi) is 5.05. The van der Waals surface area contributed by atoms with E-state index < -0.39 is 6.10 Å². The number of halogens is 1. The molecule has 24 heavy (non-hydrogen) atoms. The van der Waals surface area contributed by atoms with E-state index in [2.05, 4.69) is 10.3 Å². The smallest absolute Gasteiger partial charge is 0.322 e. The largest absolute Gasteiger partial charge is 0.388 e. The van der Waals surface area contributed by atoms with Gasteiger partial charge in [-0.3, -0.25) is 4.98 Å². The standard InChI is InChI=1S/C18H20FN3O2/c19-14-5-3-13(4-6-14)17(23)12-16-2-1-11-22(16)18(24)21-15-7-9-20-10-8-15/h3-10,16-17,23H,1-2,11-12H2,(H,20,21,24). The van der Waals surface area contributed by atoms with Gasteiger partial charge in [0.1, 0.15) is 5.82 Å². The third kappa shape index (κ3) is 3.89. The number of nitrogens with zero attached hydrogens (tertiary/aromatic N) is 2. The lowest BCUT2D eigenvalue weighted by atomic mass is 10.0. The number of likely N-dealkylation sites (tertiary alicyclic amines) is 1. The number of pyridine rings is 1. The predicted octanol–water partition coefficient (Wildman–Crippen LogP) is 3.34. The summed E-state index contributed by atoms with van der Waals surface area (Å²) in [6, 6.07) is 9.09. The summed E-state index contributed by atoms with van der Waals surface area (Å²) in [4.78, 5) is 18.1. The van der Waals surface area contributed by atoms with Gasteiger partial charge in [-0.1, -0.05) is 12.1 Å². The molecule has 0 aliphatic carbocycles. The Morgan fingerprint density at radius 3 is 2.71 bits per heavy atom. The molecular weight excluding hydrogens is 309 g/mol. The van der Waals surface area contributed by atoms with Crippen LogP contribution in [0.15, 0.2) is 48.8 Å². The van der Waals surface area contributed by atoms with Crippen LogP contribution in [0.1, 0.15) is 30.9 Å². The Hall–Kier alpha value is -2.47. The van der Waals surface area contributed by atoms with E-state index in [4.69, 9.17) is 0 Å². The fourth-order valence-electron chi connectivity index (χ4n) is 3.06. The third-order valence-corrected chi connectivity index (χ3v) is 4.32. The summed E-state index contributed by atoms with van der Waals surface area (Å²) < 4.78 is 13.0. The number of nitrogens with one attached hydrogen (secondary N) is 1. The quantitative estimate of drug-likeness (QED) is 0.904. The first-order chi connectivity index (χ1) is 11.6. The van der Waals surface area contributed by atoms with Gasteiger partial charge in [0, 0.05) is 30.7 Å². The predicted molar refractivity (Wildman–Crippen MR) is 89.0 cm³/mol. The number of rotatable bonds is 4. The Bertz CT molecular complexity index is 678. The van der Waals surface area contributed by atoms with Crippen LogP contribution < -0.4 is 5.32 Å².